The smallest absolute Gasteiger partial charge is 0.152 e. The van der Waals surface area contributed by atoms with Gasteiger partial charge in [-0.05, 0) is 13.3 Å². The molecule has 1 N–H and O–H groups in total. The van der Waals surface area contributed by atoms with Crippen molar-refractivity contribution in [1.29, 1.82) is 0 Å². The van der Waals surface area contributed by atoms with Crippen LogP contribution in [-0.4, -0.2) is 26.3 Å². The third-order valence-corrected chi connectivity index (χ3v) is 2.56. The first-order chi connectivity index (χ1) is 8.67. The predicted octanol–water partition coefficient (Wildman–Crippen LogP) is 2.51. The van der Waals surface area contributed by atoms with Gasteiger partial charge in [-0.25, -0.2) is 9.97 Å². The van der Waals surface area contributed by atoms with Crippen LogP contribution >= 0.6 is 11.6 Å². The van der Waals surface area contributed by atoms with Crippen molar-refractivity contribution in [3.8, 4) is 0 Å². The van der Waals surface area contributed by atoms with Crippen LogP contribution in [-0.2, 0) is 6.54 Å². The zero-order chi connectivity index (χ0) is 13.0. The first-order valence-corrected chi connectivity index (χ1v) is 6.31. The minimum atomic E-state index is 0.523. The fourth-order valence-corrected chi connectivity index (χ4v) is 1.77. The van der Waals surface area contributed by atoms with Crippen molar-refractivity contribution in [2.45, 2.75) is 26.8 Å². The number of hydrogen-bond acceptors (Lipinski definition) is 4. The van der Waals surface area contributed by atoms with E-state index in [2.05, 4.69) is 27.3 Å². The van der Waals surface area contributed by atoms with Crippen LogP contribution in [0.4, 0.5) is 5.82 Å². The number of nitrogens with zero attached hydrogens (tertiary/aromatic N) is 4. The van der Waals surface area contributed by atoms with E-state index in [4.69, 9.17) is 11.6 Å². The Labute approximate surface area is 111 Å². The first kappa shape index (κ1) is 12.8. The Morgan fingerprint density at radius 2 is 2.22 bits per heavy atom. The number of halogens is 1. The molecule has 0 spiro atoms. The molecule has 0 saturated heterocycles. The molecule has 2 rings (SSSR count). The Hall–Kier alpha value is -1.62. The van der Waals surface area contributed by atoms with E-state index in [1.807, 2.05) is 13.0 Å². The molecular weight excluding hydrogens is 250 g/mol. The SMILES string of the molecule is CCCNc1cc(C)nc(Cn2cc(Cl)cn2)n1. The zero-order valence-electron chi connectivity index (χ0n) is 10.5. The Bertz CT molecular complexity index is 523. The second-order valence-electron chi connectivity index (χ2n) is 4.09. The van der Waals surface area contributed by atoms with Gasteiger partial charge in [-0.2, -0.15) is 5.10 Å². The Kier molecular flexibility index (Phi) is 4.15. The molecule has 2 heterocycles. The topological polar surface area (TPSA) is 55.6 Å². The Balaban J connectivity index is 2.14. The van der Waals surface area contributed by atoms with Crippen LogP contribution in [0.2, 0.25) is 5.02 Å². The van der Waals surface area contributed by atoms with Gasteiger partial charge in [0, 0.05) is 24.5 Å². The van der Waals surface area contributed by atoms with Crippen LogP contribution in [0.5, 0.6) is 0 Å². The molecule has 0 bridgehead atoms. The number of rotatable bonds is 5. The quantitative estimate of drug-likeness (QED) is 0.903. The van der Waals surface area contributed by atoms with Crippen LogP contribution in [0.1, 0.15) is 24.9 Å². The minimum absolute atomic E-state index is 0.523. The molecule has 6 heteroatoms. The van der Waals surface area contributed by atoms with Gasteiger partial charge in [-0.15, -0.1) is 0 Å². The molecule has 0 aliphatic carbocycles. The Morgan fingerprint density at radius 1 is 1.39 bits per heavy atom. The second kappa shape index (κ2) is 5.82. The number of hydrogen-bond donors (Lipinski definition) is 1. The minimum Gasteiger partial charge on any atom is -0.370 e. The van der Waals surface area contributed by atoms with E-state index < -0.39 is 0 Å². The highest BCUT2D eigenvalue weighted by atomic mass is 35.5. The zero-order valence-corrected chi connectivity index (χ0v) is 11.3. The van der Waals surface area contributed by atoms with Gasteiger partial charge in [0.05, 0.1) is 11.2 Å². The normalized spacial score (nSPS) is 10.6. The standard InChI is InChI=1S/C12H16ClN5/c1-3-4-14-11-5-9(2)16-12(17-11)8-18-7-10(13)6-15-18/h5-7H,3-4,8H2,1-2H3,(H,14,16,17). The molecule has 0 radical (unpaired) electrons. The average molecular weight is 266 g/mol. The molecule has 0 unspecified atom stereocenters. The molecule has 2 aromatic rings. The maximum Gasteiger partial charge on any atom is 0.152 e. The van der Waals surface area contributed by atoms with Gasteiger partial charge in [0.1, 0.15) is 12.4 Å². The molecule has 18 heavy (non-hydrogen) atoms. The summed E-state index contributed by atoms with van der Waals surface area (Å²) in [5, 5.41) is 7.99. The lowest BCUT2D eigenvalue weighted by Gasteiger charge is -2.07. The summed E-state index contributed by atoms with van der Waals surface area (Å²) in [7, 11) is 0. The van der Waals surface area contributed by atoms with Crippen LogP contribution in [0, 0.1) is 6.92 Å². The summed E-state index contributed by atoms with van der Waals surface area (Å²) in [6.45, 7) is 5.50. The molecular formula is C12H16ClN5. The summed E-state index contributed by atoms with van der Waals surface area (Å²) < 4.78 is 1.72. The summed E-state index contributed by atoms with van der Waals surface area (Å²) in [6.07, 6.45) is 4.42. The lowest BCUT2D eigenvalue weighted by molar-refractivity contribution is 0.653. The molecule has 0 fully saturated rings. The van der Waals surface area contributed by atoms with Crippen LogP contribution in [0.3, 0.4) is 0 Å². The molecule has 5 nitrogen and oxygen atoms in total. The van der Waals surface area contributed by atoms with E-state index in [1.165, 1.54) is 0 Å². The summed E-state index contributed by atoms with van der Waals surface area (Å²) >= 11 is 5.82. The summed E-state index contributed by atoms with van der Waals surface area (Å²) in [5.74, 6) is 1.59. The van der Waals surface area contributed by atoms with Crippen molar-refractivity contribution in [1.82, 2.24) is 19.7 Å². The van der Waals surface area contributed by atoms with Gasteiger partial charge in [0.2, 0.25) is 0 Å². The first-order valence-electron chi connectivity index (χ1n) is 5.93. The van der Waals surface area contributed by atoms with Crippen molar-refractivity contribution >= 4 is 17.4 Å². The monoisotopic (exact) mass is 265 g/mol. The summed E-state index contributed by atoms with van der Waals surface area (Å²) in [5.41, 5.74) is 0.942. The molecule has 0 aromatic carbocycles. The highest BCUT2D eigenvalue weighted by Crippen LogP contribution is 2.09. The van der Waals surface area contributed by atoms with Gasteiger partial charge in [0.25, 0.3) is 0 Å². The van der Waals surface area contributed by atoms with Crippen molar-refractivity contribution < 1.29 is 0 Å². The average Bonchev–Trinajstić information content (AvgIpc) is 2.71. The van der Waals surface area contributed by atoms with Gasteiger partial charge in [0.15, 0.2) is 5.82 Å². The van der Waals surface area contributed by atoms with Gasteiger partial charge < -0.3 is 5.32 Å². The molecule has 0 amide bonds. The van der Waals surface area contributed by atoms with E-state index in [0.29, 0.717) is 11.6 Å². The van der Waals surface area contributed by atoms with Crippen molar-refractivity contribution in [3.05, 3.63) is 35.0 Å². The molecule has 96 valence electrons. The van der Waals surface area contributed by atoms with Gasteiger partial charge in [-0.1, -0.05) is 18.5 Å². The fourth-order valence-electron chi connectivity index (χ4n) is 1.61. The van der Waals surface area contributed by atoms with Crippen LogP contribution in [0.25, 0.3) is 0 Å². The van der Waals surface area contributed by atoms with Crippen LogP contribution < -0.4 is 5.32 Å². The largest absolute Gasteiger partial charge is 0.370 e. The van der Waals surface area contributed by atoms with Crippen molar-refractivity contribution in [2.75, 3.05) is 11.9 Å². The van der Waals surface area contributed by atoms with E-state index in [1.54, 1.807) is 17.1 Å². The molecule has 0 saturated carbocycles. The number of aromatic nitrogens is 4. The van der Waals surface area contributed by atoms with E-state index in [0.717, 1.165) is 30.3 Å². The highest BCUT2D eigenvalue weighted by Gasteiger charge is 2.04. The van der Waals surface area contributed by atoms with Gasteiger partial charge in [-0.3, -0.25) is 4.68 Å². The van der Waals surface area contributed by atoms with E-state index >= 15 is 0 Å². The van der Waals surface area contributed by atoms with Crippen molar-refractivity contribution in [3.63, 3.8) is 0 Å². The van der Waals surface area contributed by atoms with E-state index in [9.17, 15) is 0 Å². The highest BCUT2D eigenvalue weighted by molar-refractivity contribution is 6.30. The maximum absolute atomic E-state index is 5.82. The lowest BCUT2D eigenvalue weighted by Crippen LogP contribution is -2.09. The molecule has 0 atom stereocenters. The second-order valence-corrected chi connectivity index (χ2v) is 4.53. The lowest BCUT2D eigenvalue weighted by atomic mass is 10.4. The molecule has 0 aliphatic rings. The summed E-state index contributed by atoms with van der Waals surface area (Å²) in [6, 6.07) is 1.94. The molecule has 0 aliphatic heterocycles. The number of aryl methyl sites for hydroxylation is 1. The van der Waals surface area contributed by atoms with Gasteiger partial charge >= 0.3 is 0 Å². The number of nitrogens with one attached hydrogen (secondary N) is 1. The fraction of sp³-hybridized carbons (Fsp3) is 0.417. The van der Waals surface area contributed by atoms with Crippen LogP contribution in [0.15, 0.2) is 18.5 Å². The predicted molar refractivity (Wildman–Crippen MR) is 71.9 cm³/mol. The van der Waals surface area contributed by atoms with Crippen molar-refractivity contribution in [2.24, 2.45) is 0 Å². The third-order valence-electron chi connectivity index (χ3n) is 2.36. The Morgan fingerprint density at radius 3 is 2.89 bits per heavy atom. The number of anilines is 1. The maximum atomic E-state index is 5.82. The summed E-state index contributed by atoms with van der Waals surface area (Å²) in [4.78, 5) is 8.84. The third kappa shape index (κ3) is 3.43. The molecule has 2 aromatic heterocycles. The van der Waals surface area contributed by atoms with E-state index in [-0.39, 0.29) is 0 Å².